The first-order valence-electron chi connectivity index (χ1n) is 16.1. The Bertz CT molecular complexity index is 292. The molecular formula is C32H72BrN2+. The summed E-state index contributed by atoms with van der Waals surface area (Å²) in [5.74, 6) is 0. The molecule has 35 heavy (non-hydrogen) atoms. The Balaban J connectivity index is -0.00000512. The largest absolute Gasteiger partial charge is 0.344 e. The number of halogens is 1. The van der Waals surface area contributed by atoms with Gasteiger partial charge in [0.05, 0.1) is 26.2 Å². The highest BCUT2D eigenvalue weighted by Gasteiger charge is 2.25. The Morgan fingerprint density at radius 3 is 0.657 bits per heavy atom. The van der Waals surface area contributed by atoms with Gasteiger partial charge in [-0.3, -0.25) is 0 Å². The van der Waals surface area contributed by atoms with Gasteiger partial charge in [0.15, 0.2) is 0 Å². The van der Waals surface area contributed by atoms with E-state index < -0.39 is 0 Å². The summed E-state index contributed by atoms with van der Waals surface area (Å²) in [7, 11) is 0. The Kier molecular flexibility index (Phi) is 37.0. The van der Waals surface area contributed by atoms with Crippen LogP contribution >= 0.6 is 17.0 Å². The molecule has 0 bridgehead atoms. The van der Waals surface area contributed by atoms with Crippen molar-refractivity contribution in [3.05, 3.63) is 0 Å². The number of unbranched alkanes of at least 4 members (excludes halogenated alkanes) is 20. The third-order valence-electron chi connectivity index (χ3n) is 7.94. The van der Waals surface area contributed by atoms with Crippen molar-refractivity contribution < 1.29 is 4.48 Å². The average Bonchev–Trinajstić information content (AvgIpc) is 2.83. The molecule has 216 valence electrons. The first kappa shape index (κ1) is 39.9. The van der Waals surface area contributed by atoms with Crippen LogP contribution < -0.4 is 6.15 Å². The second-order valence-electron chi connectivity index (χ2n) is 11.3. The molecule has 0 aromatic carbocycles. The van der Waals surface area contributed by atoms with E-state index in [4.69, 9.17) is 0 Å². The maximum absolute atomic E-state index is 2.34. The van der Waals surface area contributed by atoms with E-state index in [1.165, 1.54) is 185 Å². The van der Waals surface area contributed by atoms with Crippen LogP contribution in [0.5, 0.6) is 0 Å². The van der Waals surface area contributed by atoms with E-state index in [2.05, 4.69) is 27.7 Å². The third-order valence-corrected chi connectivity index (χ3v) is 7.94. The highest BCUT2D eigenvalue weighted by Crippen LogP contribution is 2.20. The normalized spacial score (nSPS) is 11.3. The number of quaternary nitrogens is 1. The maximum atomic E-state index is 2.34. The highest BCUT2D eigenvalue weighted by atomic mass is 79.9. The van der Waals surface area contributed by atoms with Gasteiger partial charge in [-0.2, -0.15) is 0 Å². The fraction of sp³-hybridized carbons (Fsp3) is 1.00. The summed E-state index contributed by atoms with van der Waals surface area (Å²) < 4.78 is 1.48. The molecule has 0 aromatic rings. The van der Waals surface area contributed by atoms with E-state index in [1.54, 1.807) is 0 Å². The van der Waals surface area contributed by atoms with Crippen LogP contribution in [0.15, 0.2) is 0 Å². The summed E-state index contributed by atoms with van der Waals surface area (Å²) in [5, 5.41) is 0. The third kappa shape index (κ3) is 27.3. The van der Waals surface area contributed by atoms with Crippen LogP contribution in [0, 0.1) is 0 Å². The lowest BCUT2D eigenvalue weighted by Gasteiger charge is -2.40. The van der Waals surface area contributed by atoms with Gasteiger partial charge in [-0.1, -0.05) is 130 Å². The Morgan fingerprint density at radius 2 is 0.457 bits per heavy atom. The topological polar surface area (TPSA) is 35.0 Å². The van der Waals surface area contributed by atoms with Crippen LogP contribution in [-0.4, -0.2) is 30.7 Å². The molecule has 0 unspecified atom stereocenters. The molecule has 0 fully saturated rings. The number of nitrogens with zero attached hydrogens (tertiary/aromatic N) is 1. The zero-order valence-corrected chi connectivity index (χ0v) is 27.1. The van der Waals surface area contributed by atoms with Crippen molar-refractivity contribution >= 4 is 17.0 Å². The molecule has 3 heteroatoms. The van der Waals surface area contributed by atoms with E-state index in [-0.39, 0.29) is 23.1 Å². The monoisotopic (exact) mass is 563 g/mol. The lowest BCUT2D eigenvalue weighted by molar-refractivity contribution is -0.929. The average molecular weight is 565 g/mol. The van der Waals surface area contributed by atoms with Gasteiger partial charge in [-0.05, 0) is 51.4 Å². The maximum Gasteiger partial charge on any atom is 0.0786 e. The second-order valence-corrected chi connectivity index (χ2v) is 11.3. The molecule has 0 rings (SSSR count). The van der Waals surface area contributed by atoms with Crippen molar-refractivity contribution in [3.63, 3.8) is 0 Å². The predicted octanol–water partition coefficient (Wildman–Crippen LogP) is 12.0. The smallest absolute Gasteiger partial charge is 0.0786 e. The number of hydrogen-bond donors (Lipinski definition) is 1. The standard InChI is InChI=1S/C32H68N.BrH.H3N/c1-5-9-13-17-21-25-29-33(30-26-22-18-14-10-6-2,31-27-23-19-15-11-7-3)32-28-24-20-16-12-8-4;;/h5-32H2,1-4H3;1H;1H3/q+1;;. The van der Waals surface area contributed by atoms with Crippen molar-refractivity contribution in [3.8, 4) is 0 Å². The van der Waals surface area contributed by atoms with Gasteiger partial charge >= 0.3 is 0 Å². The summed E-state index contributed by atoms with van der Waals surface area (Å²) in [6.07, 6.45) is 34.8. The number of hydrogen-bond acceptors (Lipinski definition) is 1. The van der Waals surface area contributed by atoms with Gasteiger partial charge in [0.1, 0.15) is 0 Å². The van der Waals surface area contributed by atoms with Crippen LogP contribution in [0.2, 0.25) is 0 Å². The number of rotatable bonds is 28. The van der Waals surface area contributed by atoms with Gasteiger partial charge < -0.3 is 10.6 Å². The molecule has 0 aliphatic heterocycles. The lowest BCUT2D eigenvalue weighted by Crippen LogP contribution is -2.50. The molecule has 0 radical (unpaired) electrons. The molecule has 0 heterocycles. The quantitative estimate of drug-likeness (QED) is 0.0744. The van der Waals surface area contributed by atoms with Crippen molar-refractivity contribution in [2.45, 2.75) is 182 Å². The fourth-order valence-electron chi connectivity index (χ4n) is 5.58. The van der Waals surface area contributed by atoms with Crippen molar-refractivity contribution in [2.24, 2.45) is 0 Å². The zero-order chi connectivity index (χ0) is 24.3. The van der Waals surface area contributed by atoms with E-state index in [0.29, 0.717) is 0 Å². The van der Waals surface area contributed by atoms with E-state index in [0.717, 1.165) is 0 Å². The van der Waals surface area contributed by atoms with Gasteiger partial charge in [0.25, 0.3) is 0 Å². The molecule has 0 aliphatic rings. The van der Waals surface area contributed by atoms with Crippen LogP contribution in [-0.2, 0) is 0 Å². The molecule has 0 saturated carbocycles. The van der Waals surface area contributed by atoms with E-state index in [9.17, 15) is 0 Å². The first-order chi connectivity index (χ1) is 16.2. The molecule has 0 amide bonds. The lowest BCUT2D eigenvalue weighted by atomic mass is 10.0. The van der Waals surface area contributed by atoms with Gasteiger partial charge in [0, 0.05) is 0 Å². The summed E-state index contributed by atoms with van der Waals surface area (Å²) >= 11 is 0. The Morgan fingerprint density at radius 1 is 0.286 bits per heavy atom. The molecular weight excluding hydrogens is 492 g/mol. The first-order valence-corrected chi connectivity index (χ1v) is 16.1. The van der Waals surface area contributed by atoms with Crippen molar-refractivity contribution in [1.82, 2.24) is 6.15 Å². The Labute approximate surface area is 235 Å². The molecule has 0 aromatic heterocycles. The van der Waals surface area contributed by atoms with Crippen LogP contribution in [0.3, 0.4) is 0 Å². The fourth-order valence-corrected chi connectivity index (χ4v) is 5.58. The van der Waals surface area contributed by atoms with Crippen LogP contribution in [0.1, 0.15) is 182 Å². The molecule has 0 aliphatic carbocycles. The summed E-state index contributed by atoms with van der Waals surface area (Å²) in [6, 6.07) is 0. The van der Waals surface area contributed by atoms with Crippen molar-refractivity contribution in [1.29, 1.82) is 0 Å². The molecule has 0 atom stereocenters. The van der Waals surface area contributed by atoms with Gasteiger partial charge in [-0.25, -0.2) is 0 Å². The molecule has 0 spiro atoms. The summed E-state index contributed by atoms with van der Waals surface area (Å²) in [5.41, 5.74) is 0. The molecule has 2 nitrogen and oxygen atoms in total. The minimum Gasteiger partial charge on any atom is -0.344 e. The van der Waals surface area contributed by atoms with Gasteiger partial charge in [0.2, 0.25) is 0 Å². The predicted molar refractivity (Wildman–Crippen MR) is 169 cm³/mol. The minimum absolute atomic E-state index is 0. The van der Waals surface area contributed by atoms with E-state index in [1.807, 2.05) is 0 Å². The molecule has 3 N–H and O–H groups in total. The minimum atomic E-state index is 0. The second kappa shape index (κ2) is 32.4. The van der Waals surface area contributed by atoms with Gasteiger partial charge in [-0.15, -0.1) is 17.0 Å². The summed E-state index contributed by atoms with van der Waals surface area (Å²) in [6.45, 7) is 15.3. The van der Waals surface area contributed by atoms with E-state index >= 15 is 0 Å². The summed E-state index contributed by atoms with van der Waals surface area (Å²) in [4.78, 5) is 0. The Hall–Kier alpha value is 0.400. The van der Waals surface area contributed by atoms with Crippen LogP contribution in [0.4, 0.5) is 0 Å². The zero-order valence-electron chi connectivity index (χ0n) is 25.4. The van der Waals surface area contributed by atoms with Crippen LogP contribution in [0.25, 0.3) is 0 Å². The van der Waals surface area contributed by atoms with Crippen molar-refractivity contribution in [2.75, 3.05) is 26.2 Å². The SMILES string of the molecule is Br.CCCCCCCC[N+](CCCCCCCC)(CCCCCCCC)CCCCCCCC.N. The highest BCUT2D eigenvalue weighted by molar-refractivity contribution is 8.93. The molecule has 0 saturated heterocycles.